The van der Waals surface area contributed by atoms with E-state index in [4.69, 9.17) is 9.47 Å². The van der Waals surface area contributed by atoms with Gasteiger partial charge >= 0.3 is 5.97 Å². The van der Waals surface area contributed by atoms with Gasteiger partial charge in [0.1, 0.15) is 6.61 Å². The minimum absolute atomic E-state index is 0.245. The van der Waals surface area contributed by atoms with E-state index < -0.39 is 0 Å². The van der Waals surface area contributed by atoms with Gasteiger partial charge in [-0.15, -0.1) is 0 Å². The standard InChI is InChI=1S/C18H18O3/c1-2-15-8-10-17(11-9-15)18(19)21-13-12-20-14-16-6-4-3-5-7-16/h2-11H,1,12-14H2. The molecule has 0 aliphatic heterocycles. The van der Waals surface area contributed by atoms with Crippen LogP contribution in [-0.2, 0) is 16.1 Å². The smallest absolute Gasteiger partial charge is 0.338 e. The molecule has 2 aromatic carbocycles. The Morgan fingerprint density at radius 2 is 1.71 bits per heavy atom. The molecule has 0 saturated carbocycles. The van der Waals surface area contributed by atoms with E-state index in [9.17, 15) is 4.79 Å². The van der Waals surface area contributed by atoms with Gasteiger partial charge in [-0.25, -0.2) is 4.79 Å². The Labute approximate surface area is 124 Å². The molecule has 0 amide bonds. The third-order valence-corrected chi connectivity index (χ3v) is 2.95. The summed E-state index contributed by atoms with van der Waals surface area (Å²) in [7, 11) is 0. The van der Waals surface area contributed by atoms with Crippen molar-refractivity contribution in [1.82, 2.24) is 0 Å². The zero-order valence-electron chi connectivity index (χ0n) is 11.8. The first-order valence-corrected chi connectivity index (χ1v) is 6.81. The SMILES string of the molecule is C=Cc1ccc(C(=O)OCCOCc2ccccc2)cc1. The van der Waals surface area contributed by atoms with Crippen LogP contribution in [0.25, 0.3) is 6.08 Å². The molecule has 0 spiro atoms. The van der Waals surface area contributed by atoms with Crippen molar-refractivity contribution in [3.05, 3.63) is 77.9 Å². The average Bonchev–Trinajstić information content (AvgIpc) is 2.55. The molecule has 0 heterocycles. The van der Waals surface area contributed by atoms with Gasteiger partial charge in [0.25, 0.3) is 0 Å². The molecule has 0 atom stereocenters. The number of ether oxygens (including phenoxy) is 2. The highest BCUT2D eigenvalue weighted by Crippen LogP contribution is 2.07. The monoisotopic (exact) mass is 282 g/mol. The lowest BCUT2D eigenvalue weighted by atomic mass is 10.1. The second-order valence-corrected chi connectivity index (χ2v) is 4.50. The van der Waals surface area contributed by atoms with Crippen LogP contribution in [0.4, 0.5) is 0 Å². The molecule has 21 heavy (non-hydrogen) atoms. The summed E-state index contributed by atoms with van der Waals surface area (Å²) in [6.07, 6.45) is 1.73. The van der Waals surface area contributed by atoms with E-state index in [1.54, 1.807) is 18.2 Å². The van der Waals surface area contributed by atoms with Crippen LogP contribution in [0.1, 0.15) is 21.5 Å². The summed E-state index contributed by atoms with van der Waals surface area (Å²) in [5, 5.41) is 0. The molecule has 0 aromatic heterocycles. The van der Waals surface area contributed by atoms with Crippen LogP contribution < -0.4 is 0 Å². The van der Waals surface area contributed by atoms with Crippen molar-refractivity contribution in [3.8, 4) is 0 Å². The van der Waals surface area contributed by atoms with Crippen LogP contribution in [0.3, 0.4) is 0 Å². The molecule has 0 radical (unpaired) electrons. The van der Waals surface area contributed by atoms with Gasteiger partial charge in [0.15, 0.2) is 0 Å². The van der Waals surface area contributed by atoms with Crippen molar-refractivity contribution in [3.63, 3.8) is 0 Å². The second kappa shape index (κ2) is 8.02. The predicted octanol–water partition coefficient (Wildman–Crippen LogP) is 3.70. The Hall–Kier alpha value is -2.39. The molecular formula is C18H18O3. The lowest BCUT2D eigenvalue weighted by molar-refractivity contribution is 0.0288. The van der Waals surface area contributed by atoms with Crippen molar-refractivity contribution in [1.29, 1.82) is 0 Å². The Kier molecular flexibility index (Phi) is 5.73. The summed E-state index contributed by atoms with van der Waals surface area (Å²) in [6.45, 7) is 4.81. The number of benzene rings is 2. The summed E-state index contributed by atoms with van der Waals surface area (Å²) >= 11 is 0. The second-order valence-electron chi connectivity index (χ2n) is 4.50. The summed E-state index contributed by atoms with van der Waals surface area (Å²) in [5.74, 6) is -0.339. The first-order valence-electron chi connectivity index (χ1n) is 6.81. The highest BCUT2D eigenvalue weighted by molar-refractivity contribution is 5.89. The van der Waals surface area contributed by atoms with Crippen LogP contribution in [0.15, 0.2) is 61.2 Å². The van der Waals surface area contributed by atoms with Gasteiger partial charge in [-0.1, -0.05) is 55.1 Å². The summed E-state index contributed by atoms with van der Waals surface area (Å²) in [6, 6.07) is 17.0. The number of carbonyl (C=O) groups is 1. The predicted molar refractivity (Wildman–Crippen MR) is 82.9 cm³/mol. The molecule has 2 rings (SSSR count). The fourth-order valence-electron chi connectivity index (χ4n) is 1.80. The van der Waals surface area contributed by atoms with E-state index in [2.05, 4.69) is 6.58 Å². The maximum atomic E-state index is 11.8. The van der Waals surface area contributed by atoms with E-state index in [1.165, 1.54) is 0 Å². The van der Waals surface area contributed by atoms with Gasteiger partial charge in [0.05, 0.1) is 18.8 Å². The van der Waals surface area contributed by atoms with Gasteiger partial charge in [-0.3, -0.25) is 0 Å². The van der Waals surface area contributed by atoms with Crippen molar-refractivity contribution in [2.45, 2.75) is 6.61 Å². The molecule has 0 saturated heterocycles. The minimum Gasteiger partial charge on any atom is -0.460 e. The molecule has 2 aromatic rings. The first kappa shape index (κ1) is 15.0. The third-order valence-electron chi connectivity index (χ3n) is 2.95. The summed E-state index contributed by atoms with van der Waals surface area (Å²) in [4.78, 5) is 11.8. The molecule has 0 aliphatic rings. The average molecular weight is 282 g/mol. The van der Waals surface area contributed by atoms with Gasteiger partial charge in [-0.2, -0.15) is 0 Å². The van der Waals surface area contributed by atoms with Crippen LogP contribution in [0.2, 0.25) is 0 Å². The Bertz CT molecular complexity index is 573. The highest BCUT2D eigenvalue weighted by Gasteiger charge is 2.06. The van der Waals surface area contributed by atoms with Gasteiger partial charge in [0.2, 0.25) is 0 Å². The first-order chi connectivity index (χ1) is 10.3. The Balaban J connectivity index is 1.68. The van der Waals surface area contributed by atoms with Gasteiger partial charge in [-0.05, 0) is 23.3 Å². The largest absolute Gasteiger partial charge is 0.460 e. The molecule has 0 fully saturated rings. The Morgan fingerprint density at radius 1 is 1.00 bits per heavy atom. The normalized spacial score (nSPS) is 10.1. The maximum Gasteiger partial charge on any atom is 0.338 e. The number of rotatable bonds is 7. The number of hydrogen-bond donors (Lipinski definition) is 0. The molecule has 0 bridgehead atoms. The highest BCUT2D eigenvalue weighted by atomic mass is 16.6. The van der Waals surface area contributed by atoms with E-state index in [1.807, 2.05) is 42.5 Å². The van der Waals surface area contributed by atoms with Crippen molar-refractivity contribution >= 4 is 12.0 Å². The van der Waals surface area contributed by atoms with Crippen LogP contribution >= 0.6 is 0 Å². The molecule has 3 nitrogen and oxygen atoms in total. The number of carbonyl (C=O) groups excluding carboxylic acids is 1. The molecule has 108 valence electrons. The minimum atomic E-state index is -0.339. The van der Waals surface area contributed by atoms with Crippen molar-refractivity contribution in [2.75, 3.05) is 13.2 Å². The van der Waals surface area contributed by atoms with Crippen molar-refractivity contribution in [2.24, 2.45) is 0 Å². The lowest BCUT2D eigenvalue weighted by Crippen LogP contribution is -2.10. The molecule has 0 N–H and O–H groups in total. The lowest BCUT2D eigenvalue weighted by Gasteiger charge is -2.06. The number of hydrogen-bond acceptors (Lipinski definition) is 3. The molecule has 0 aliphatic carbocycles. The summed E-state index contributed by atoms with van der Waals surface area (Å²) < 4.78 is 10.6. The topological polar surface area (TPSA) is 35.5 Å². The van der Waals surface area contributed by atoms with Crippen LogP contribution in [0.5, 0.6) is 0 Å². The van der Waals surface area contributed by atoms with E-state index >= 15 is 0 Å². The zero-order chi connectivity index (χ0) is 14.9. The van der Waals surface area contributed by atoms with Gasteiger partial charge < -0.3 is 9.47 Å². The zero-order valence-corrected chi connectivity index (χ0v) is 11.8. The maximum absolute atomic E-state index is 11.8. The fraction of sp³-hybridized carbons (Fsp3) is 0.167. The molecular weight excluding hydrogens is 264 g/mol. The molecule has 0 unspecified atom stereocenters. The van der Waals surface area contributed by atoms with Crippen LogP contribution in [0, 0.1) is 0 Å². The number of esters is 1. The van der Waals surface area contributed by atoms with E-state index in [0.717, 1.165) is 11.1 Å². The molecule has 3 heteroatoms. The Morgan fingerprint density at radius 3 is 2.38 bits per heavy atom. The summed E-state index contributed by atoms with van der Waals surface area (Å²) in [5.41, 5.74) is 2.60. The van der Waals surface area contributed by atoms with Gasteiger partial charge in [0, 0.05) is 0 Å². The van der Waals surface area contributed by atoms with E-state index in [-0.39, 0.29) is 12.6 Å². The van der Waals surface area contributed by atoms with Crippen LogP contribution in [-0.4, -0.2) is 19.2 Å². The fourth-order valence-corrected chi connectivity index (χ4v) is 1.80. The third kappa shape index (κ3) is 4.89. The van der Waals surface area contributed by atoms with Crippen molar-refractivity contribution < 1.29 is 14.3 Å². The quantitative estimate of drug-likeness (QED) is 0.574. The van der Waals surface area contributed by atoms with E-state index in [0.29, 0.717) is 18.8 Å².